The molecule has 1 aliphatic heterocycles. The fraction of sp³-hybridized carbons (Fsp3) is 0.625. The van der Waals surface area contributed by atoms with Crippen LogP contribution in [0.2, 0.25) is 0 Å². The summed E-state index contributed by atoms with van der Waals surface area (Å²) in [4.78, 5) is 18.5. The van der Waals surface area contributed by atoms with Crippen LogP contribution in [0, 0.1) is 6.92 Å². The summed E-state index contributed by atoms with van der Waals surface area (Å²) in [5.41, 5.74) is 1.69. The lowest BCUT2D eigenvalue weighted by molar-refractivity contribution is 0.00949. The maximum absolute atomic E-state index is 12.4. The minimum absolute atomic E-state index is 0.111. The minimum Gasteiger partial charge on any atom is -0.444 e. The van der Waals surface area contributed by atoms with E-state index in [0.29, 0.717) is 0 Å². The van der Waals surface area contributed by atoms with Crippen molar-refractivity contribution in [3.8, 4) is 0 Å². The van der Waals surface area contributed by atoms with Gasteiger partial charge in [-0.1, -0.05) is 0 Å². The quantitative estimate of drug-likeness (QED) is 0.782. The van der Waals surface area contributed by atoms with Crippen molar-refractivity contribution in [2.24, 2.45) is 0 Å². The first-order valence-electron chi connectivity index (χ1n) is 7.29. The lowest BCUT2D eigenvalue weighted by Gasteiger charge is -2.37. The number of nitrogens with zero attached hydrogens (tertiary/aromatic N) is 2. The van der Waals surface area contributed by atoms with E-state index < -0.39 is 5.60 Å². The fourth-order valence-electron chi connectivity index (χ4n) is 2.59. The summed E-state index contributed by atoms with van der Waals surface area (Å²) in [5, 5.41) is 0. The van der Waals surface area contributed by atoms with Crippen molar-refractivity contribution in [3.63, 3.8) is 0 Å². The van der Waals surface area contributed by atoms with E-state index in [2.05, 4.69) is 11.1 Å². The molecule has 20 heavy (non-hydrogen) atoms. The smallest absolute Gasteiger partial charge is 0.410 e. The van der Waals surface area contributed by atoms with Gasteiger partial charge in [0.2, 0.25) is 0 Å². The number of amides is 1. The molecule has 0 aromatic carbocycles. The van der Waals surface area contributed by atoms with E-state index in [1.165, 1.54) is 0 Å². The van der Waals surface area contributed by atoms with Gasteiger partial charge in [-0.3, -0.25) is 4.98 Å². The fourth-order valence-corrected chi connectivity index (χ4v) is 2.59. The van der Waals surface area contributed by atoms with Crippen LogP contribution in [0.15, 0.2) is 18.3 Å². The predicted molar refractivity (Wildman–Crippen MR) is 78.5 cm³/mol. The molecule has 1 aromatic heterocycles. The Morgan fingerprint density at radius 1 is 1.40 bits per heavy atom. The van der Waals surface area contributed by atoms with Crippen molar-refractivity contribution in [2.45, 2.75) is 58.6 Å². The Hall–Kier alpha value is -1.58. The molecule has 4 nitrogen and oxygen atoms in total. The highest BCUT2D eigenvalue weighted by Gasteiger charge is 2.31. The average molecular weight is 276 g/mol. The highest BCUT2D eigenvalue weighted by Crippen LogP contribution is 2.32. The Kier molecular flexibility index (Phi) is 4.31. The number of carbonyl (C=O) groups excluding carboxylic acids is 1. The molecule has 1 atom stereocenters. The molecule has 0 spiro atoms. The monoisotopic (exact) mass is 276 g/mol. The maximum Gasteiger partial charge on any atom is 0.410 e. The van der Waals surface area contributed by atoms with Crippen LogP contribution in [0.3, 0.4) is 0 Å². The second-order valence-corrected chi connectivity index (χ2v) is 6.42. The third kappa shape index (κ3) is 3.71. The molecular formula is C16H24N2O2. The van der Waals surface area contributed by atoms with E-state index in [9.17, 15) is 4.79 Å². The molecule has 1 saturated heterocycles. The molecule has 1 aliphatic rings. The van der Waals surface area contributed by atoms with Crippen LogP contribution in [-0.4, -0.2) is 28.1 Å². The number of piperidine rings is 1. The molecule has 110 valence electrons. The Morgan fingerprint density at radius 2 is 2.15 bits per heavy atom. The number of hydrogen-bond donors (Lipinski definition) is 0. The summed E-state index contributed by atoms with van der Waals surface area (Å²) in [7, 11) is 0. The van der Waals surface area contributed by atoms with Crippen molar-refractivity contribution in [1.82, 2.24) is 9.88 Å². The molecule has 0 aliphatic carbocycles. The third-order valence-corrected chi connectivity index (χ3v) is 3.44. The van der Waals surface area contributed by atoms with Gasteiger partial charge in [-0.05, 0) is 64.7 Å². The highest BCUT2D eigenvalue weighted by atomic mass is 16.6. The van der Waals surface area contributed by atoms with Crippen LogP contribution in [0.1, 0.15) is 57.3 Å². The number of ether oxygens (including phenoxy) is 1. The van der Waals surface area contributed by atoms with Gasteiger partial charge in [-0.2, -0.15) is 0 Å². The van der Waals surface area contributed by atoms with Gasteiger partial charge in [0.05, 0.1) is 6.04 Å². The molecule has 2 rings (SSSR count). The van der Waals surface area contributed by atoms with Crippen molar-refractivity contribution in [1.29, 1.82) is 0 Å². The van der Waals surface area contributed by atoms with Gasteiger partial charge < -0.3 is 9.64 Å². The molecule has 1 aromatic rings. The summed E-state index contributed by atoms with van der Waals surface area (Å²) < 4.78 is 5.53. The van der Waals surface area contributed by atoms with Gasteiger partial charge in [0.15, 0.2) is 0 Å². The summed E-state index contributed by atoms with van der Waals surface area (Å²) >= 11 is 0. The van der Waals surface area contributed by atoms with Crippen LogP contribution >= 0.6 is 0 Å². The lowest BCUT2D eigenvalue weighted by atomic mass is 9.96. The Balaban J connectivity index is 2.19. The number of aryl methyl sites for hydroxylation is 1. The van der Waals surface area contributed by atoms with Gasteiger partial charge in [0.1, 0.15) is 5.60 Å². The second kappa shape index (κ2) is 5.81. The van der Waals surface area contributed by atoms with Gasteiger partial charge in [0.25, 0.3) is 0 Å². The number of likely N-dealkylation sites (tertiary alicyclic amines) is 1. The predicted octanol–water partition coefficient (Wildman–Crippen LogP) is 3.85. The minimum atomic E-state index is -0.451. The SMILES string of the molecule is Cc1cc(C2CCCCN2C(=O)OC(C)(C)C)ccn1. The number of aromatic nitrogens is 1. The standard InChI is InChI=1S/C16H24N2O2/c1-12-11-13(8-9-17-12)14-7-5-6-10-18(14)15(19)20-16(2,3)4/h8-9,11,14H,5-7,10H2,1-4H3. The van der Waals surface area contributed by atoms with Crippen LogP contribution in [0.4, 0.5) is 4.79 Å². The first-order valence-corrected chi connectivity index (χ1v) is 7.29. The van der Waals surface area contributed by atoms with E-state index >= 15 is 0 Å². The molecular weight excluding hydrogens is 252 g/mol. The van der Waals surface area contributed by atoms with Gasteiger partial charge >= 0.3 is 6.09 Å². The van der Waals surface area contributed by atoms with E-state index in [1.54, 1.807) is 0 Å². The lowest BCUT2D eigenvalue weighted by Crippen LogP contribution is -2.41. The van der Waals surface area contributed by atoms with Gasteiger partial charge in [-0.15, -0.1) is 0 Å². The molecule has 0 N–H and O–H groups in total. The topological polar surface area (TPSA) is 42.4 Å². The van der Waals surface area contributed by atoms with E-state index in [4.69, 9.17) is 4.74 Å². The van der Waals surface area contributed by atoms with Crippen molar-refractivity contribution in [3.05, 3.63) is 29.6 Å². The Labute approximate surface area is 121 Å². The zero-order chi connectivity index (χ0) is 14.8. The van der Waals surface area contributed by atoms with E-state index in [-0.39, 0.29) is 12.1 Å². The first-order chi connectivity index (χ1) is 9.37. The van der Waals surface area contributed by atoms with Crippen LogP contribution in [-0.2, 0) is 4.74 Å². The first kappa shape index (κ1) is 14.8. The van der Waals surface area contributed by atoms with Crippen LogP contribution in [0.5, 0.6) is 0 Å². The van der Waals surface area contributed by atoms with Gasteiger partial charge in [0, 0.05) is 18.4 Å². The molecule has 1 fully saturated rings. The largest absolute Gasteiger partial charge is 0.444 e. The van der Waals surface area contributed by atoms with Crippen molar-refractivity contribution >= 4 is 6.09 Å². The molecule has 0 radical (unpaired) electrons. The van der Waals surface area contributed by atoms with Crippen LogP contribution in [0.25, 0.3) is 0 Å². The van der Waals surface area contributed by atoms with Crippen LogP contribution < -0.4 is 0 Å². The molecule has 0 bridgehead atoms. The molecule has 4 heteroatoms. The zero-order valence-corrected chi connectivity index (χ0v) is 12.8. The number of rotatable bonds is 1. The highest BCUT2D eigenvalue weighted by molar-refractivity contribution is 5.69. The number of carbonyl (C=O) groups is 1. The summed E-state index contributed by atoms with van der Waals surface area (Å²) in [6.45, 7) is 8.45. The van der Waals surface area contributed by atoms with E-state index in [1.807, 2.05) is 44.9 Å². The normalized spacial score (nSPS) is 19.8. The number of pyridine rings is 1. The summed E-state index contributed by atoms with van der Waals surface area (Å²) in [6.07, 6.45) is 4.78. The molecule has 1 amide bonds. The van der Waals surface area contributed by atoms with Crippen molar-refractivity contribution < 1.29 is 9.53 Å². The Morgan fingerprint density at radius 3 is 2.80 bits per heavy atom. The molecule has 0 saturated carbocycles. The zero-order valence-electron chi connectivity index (χ0n) is 12.8. The van der Waals surface area contributed by atoms with E-state index in [0.717, 1.165) is 37.1 Å². The average Bonchev–Trinajstić information content (AvgIpc) is 2.37. The van der Waals surface area contributed by atoms with Gasteiger partial charge in [-0.25, -0.2) is 4.79 Å². The summed E-state index contributed by atoms with van der Waals surface area (Å²) in [6, 6.07) is 4.17. The maximum atomic E-state index is 12.4. The molecule has 2 heterocycles. The number of hydrogen-bond acceptors (Lipinski definition) is 3. The Bertz CT molecular complexity index is 480. The third-order valence-electron chi connectivity index (χ3n) is 3.44. The second-order valence-electron chi connectivity index (χ2n) is 6.42. The molecule has 1 unspecified atom stereocenters. The summed E-state index contributed by atoms with van der Waals surface area (Å²) in [5.74, 6) is 0. The van der Waals surface area contributed by atoms with Crippen molar-refractivity contribution in [2.75, 3.05) is 6.54 Å².